The molecule has 1 aliphatic rings. The molecule has 0 spiro atoms. The van der Waals surface area contributed by atoms with Crippen LogP contribution in [0.5, 0.6) is 0 Å². The first-order valence-corrected chi connectivity index (χ1v) is 9.31. The third-order valence-electron chi connectivity index (χ3n) is 4.54. The van der Waals surface area contributed by atoms with E-state index in [1.54, 1.807) is 29.2 Å². The van der Waals surface area contributed by atoms with Gasteiger partial charge in [0.25, 0.3) is 0 Å². The number of halogens is 2. The molecule has 0 N–H and O–H groups in total. The first-order valence-electron chi connectivity index (χ1n) is 8.55. The Morgan fingerprint density at radius 2 is 1.58 bits per heavy atom. The Balaban J connectivity index is 1.56. The summed E-state index contributed by atoms with van der Waals surface area (Å²) in [6.45, 7) is 1.17. The lowest BCUT2D eigenvalue weighted by Gasteiger charge is -2.30. The minimum Gasteiger partial charge on any atom is -0.339 e. The summed E-state index contributed by atoms with van der Waals surface area (Å²) in [7, 11) is 0. The van der Waals surface area contributed by atoms with Crippen LogP contribution in [0.4, 0.5) is 0 Å². The quantitative estimate of drug-likeness (QED) is 0.538. The Morgan fingerprint density at radius 3 is 2.19 bits per heavy atom. The highest BCUT2D eigenvalue weighted by Gasteiger charge is 2.27. The van der Waals surface area contributed by atoms with Crippen molar-refractivity contribution in [1.29, 1.82) is 0 Å². The first-order chi connectivity index (χ1) is 12.5. The summed E-state index contributed by atoms with van der Waals surface area (Å²) in [5.74, 6) is 0.0886. The number of carbonyl (C=O) groups excluding carboxylic acids is 2. The summed E-state index contributed by atoms with van der Waals surface area (Å²) in [5.41, 5.74) is 1.53. The molecule has 134 valence electrons. The number of benzene rings is 2. The lowest BCUT2D eigenvalue weighted by Crippen LogP contribution is -2.39. The average molecular weight is 388 g/mol. The topological polar surface area (TPSA) is 37.4 Å². The molecule has 1 aliphatic heterocycles. The predicted octanol–water partition coefficient (Wildman–Crippen LogP) is 5.13. The van der Waals surface area contributed by atoms with Crippen LogP contribution < -0.4 is 0 Å². The van der Waals surface area contributed by atoms with Crippen LogP contribution in [0.15, 0.2) is 54.6 Å². The van der Waals surface area contributed by atoms with Gasteiger partial charge >= 0.3 is 0 Å². The SMILES string of the molecule is O=C(c1ccccc1)C1CCN(C(=O)C=Cc2cc(Cl)cc(Cl)c2)CC1. The van der Waals surface area contributed by atoms with Crippen molar-refractivity contribution in [2.45, 2.75) is 12.8 Å². The van der Waals surface area contributed by atoms with E-state index in [-0.39, 0.29) is 17.6 Å². The Morgan fingerprint density at radius 1 is 0.962 bits per heavy atom. The van der Waals surface area contributed by atoms with Crippen LogP contribution in [-0.2, 0) is 4.79 Å². The molecule has 0 saturated carbocycles. The molecule has 0 unspecified atom stereocenters. The van der Waals surface area contributed by atoms with E-state index in [1.807, 2.05) is 30.3 Å². The first kappa shape index (κ1) is 18.7. The fourth-order valence-electron chi connectivity index (χ4n) is 3.14. The van der Waals surface area contributed by atoms with E-state index in [0.29, 0.717) is 36.0 Å². The average Bonchev–Trinajstić information content (AvgIpc) is 2.65. The number of hydrogen-bond acceptors (Lipinski definition) is 2. The summed E-state index contributed by atoms with van der Waals surface area (Å²) in [4.78, 5) is 26.7. The fraction of sp³-hybridized carbons (Fsp3) is 0.238. The summed E-state index contributed by atoms with van der Waals surface area (Å²) >= 11 is 11.9. The van der Waals surface area contributed by atoms with Crippen molar-refractivity contribution < 1.29 is 9.59 Å². The van der Waals surface area contributed by atoms with Crippen LogP contribution in [0.2, 0.25) is 10.0 Å². The van der Waals surface area contributed by atoms with E-state index in [0.717, 1.165) is 11.1 Å². The zero-order valence-electron chi connectivity index (χ0n) is 14.2. The van der Waals surface area contributed by atoms with Gasteiger partial charge in [0.15, 0.2) is 5.78 Å². The second kappa shape index (κ2) is 8.52. The second-order valence-electron chi connectivity index (χ2n) is 6.37. The maximum Gasteiger partial charge on any atom is 0.246 e. The molecule has 0 atom stereocenters. The molecule has 1 amide bonds. The number of hydrogen-bond donors (Lipinski definition) is 0. The molecule has 3 nitrogen and oxygen atoms in total. The van der Waals surface area contributed by atoms with Gasteiger partial charge in [-0.15, -0.1) is 0 Å². The maximum absolute atomic E-state index is 12.5. The van der Waals surface area contributed by atoms with Crippen molar-refractivity contribution in [1.82, 2.24) is 4.90 Å². The van der Waals surface area contributed by atoms with Gasteiger partial charge in [-0.05, 0) is 42.7 Å². The lowest BCUT2D eigenvalue weighted by atomic mass is 9.89. The van der Waals surface area contributed by atoms with Gasteiger partial charge in [-0.2, -0.15) is 0 Å². The van der Waals surface area contributed by atoms with Crippen LogP contribution >= 0.6 is 23.2 Å². The molecule has 1 heterocycles. The standard InChI is InChI=1S/C21H19Cl2NO2/c22-18-12-15(13-19(23)14-18)6-7-20(25)24-10-8-17(9-11-24)21(26)16-4-2-1-3-5-16/h1-7,12-14,17H,8-11H2. The van der Waals surface area contributed by atoms with Crippen molar-refractivity contribution in [2.75, 3.05) is 13.1 Å². The molecule has 0 radical (unpaired) electrons. The van der Waals surface area contributed by atoms with E-state index in [4.69, 9.17) is 23.2 Å². The Kier molecular flexibility index (Phi) is 6.12. The summed E-state index contributed by atoms with van der Waals surface area (Å²) in [5, 5.41) is 1.06. The van der Waals surface area contributed by atoms with Gasteiger partial charge in [-0.1, -0.05) is 53.5 Å². The number of carbonyl (C=O) groups is 2. The summed E-state index contributed by atoms with van der Waals surface area (Å²) < 4.78 is 0. The van der Waals surface area contributed by atoms with Crippen molar-refractivity contribution in [3.63, 3.8) is 0 Å². The second-order valence-corrected chi connectivity index (χ2v) is 7.24. The number of Topliss-reactive ketones (excluding diaryl/α,β-unsaturated/α-hetero) is 1. The minimum atomic E-state index is -0.0632. The number of rotatable bonds is 4. The van der Waals surface area contributed by atoms with Crippen molar-refractivity contribution in [3.8, 4) is 0 Å². The molecule has 26 heavy (non-hydrogen) atoms. The molecule has 2 aromatic rings. The Hall–Kier alpha value is -2.10. The third-order valence-corrected chi connectivity index (χ3v) is 4.98. The molecular formula is C21H19Cl2NO2. The fourth-order valence-corrected chi connectivity index (χ4v) is 3.69. The van der Waals surface area contributed by atoms with E-state index in [2.05, 4.69) is 0 Å². The lowest BCUT2D eigenvalue weighted by molar-refractivity contribution is -0.127. The van der Waals surface area contributed by atoms with Crippen LogP contribution in [0.25, 0.3) is 6.08 Å². The molecular weight excluding hydrogens is 369 g/mol. The Labute approximate surface area is 163 Å². The van der Waals surface area contributed by atoms with Gasteiger partial charge in [0.1, 0.15) is 0 Å². The number of ketones is 1. The van der Waals surface area contributed by atoms with Gasteiger partial charge in [-0.25, -0.2) is 0 Å². The van der Waals surface area contributed by atoms with E-state index in [1.165, 1.54) is 6.08 Å². The van der Waals surface area contributed by atoms with E-state index < -0.39 is 0 Å². The largest absolute Gasteiger partial charge is 0.339 e. The van der Waals surface area contributed by atoms with Crippen LogP contribution in [0.1, 0.15) is 28.8 Å². The maximum atomic E-state index is 12.5. The van der Waals surface area contributed by atoms with Crippen molar-refractivity contribution in [2.24, 2.45) is 5.92 Å². The zero-order chi connectivity index (χ0) is 18.5. The minimum absolute atomic E-state index is 0.0165. The van der Waals surface area contributed by atoms with Crippen LogP contribution in [-0.4, -0.2) is 29.7 Å². The van der Waals surface area contributed by atoms with Crippen LogP contribution in [0.3, 0.4) is 0 Å². The monoisotopic (exact) mass is 387 g/mol. The van der Waals surface area contributed by atoms with Gasteiger partial charge in [0.05, 0.1) is 0 Å². The molecule has 1 fully saturated rings. The van der Waals surface area contributed by atoms with E-state index >= 15 is 0 Å². The van der Waals surface area contributed by atoms with Gasteiger partial charge in [0.2, 0.25) is 5.91 Å². The van der Waals surface area contributed by atoms with Crippen molar-refractivity contribution in [3.05, 3.63) is 75.8 Å². The predicted molar refractivity (Wildman–Crippen MR) is 106 cm³/mol. The molecule has 3 rings (SSSR count). The highest BCUT2D eigenvalue weighted by molar-refractivity contribution is 6.34. The molecule has 0 bridgehead atoms. The third kappa shape index (κ3) is 4.75. The number of piperidine rings is 1. The number of likely N-dealkylation sites (tertiary alicyclic amines) is 1. The summed E-state index contributed by atoms with van der Waals surface area (Å²) in [6.07, 6.45) is 4.62. The molecule has 0 aromatic heterocycles. The zero-order valence-corrected chi connectivity index (χ0v) is 15.7. The van der Waals surface area contributed by atoms with Gasteiger partial charge in [0, 0.05) is 40.7 Å². The normalized spacial score (nSPS) is 15.4. The van der Waals surface area contributed by atoms with Gasteiger partial charge in [-0.3, -0.25) is 9.59 Å². The number of nitrogens with zero attached hydrogens (tertiary/aromatic N) is 1. The molecule has 0 aliphatic carbocycles. The number of amides is 1. The smallest absolute Gasteiger partial charge is 0.246 e. The molecule has 5 heteroatoms. The molecule has 2 aromatic carbocycles. The Bertz CT molecular complexity index is 805. The van der Waals surface area contributed by atoms with E-state index in [9.17, 15) is 9.59 Å². The van der Waals surface area contributed by atoms with Crippen molar-refractivity contribution >= 4 is 41.0 Å². The highest BCUT2D eigenvalue weighted by Crippen LogP contribution is 2.23. The molecule has 1 saturated heterocycles. The van der Waals surface area contributed by atoms with Gasteiger partial charge < -0.3 is 4.90 Å². The van der Waals surface area contributed by atoms with Crippen LogP contribution in [0, 0.1) is 5.92 Å². The summed E-state index contributed by atoms with van der Waals surface area (Å²) in [6, 6.07) is 14.5. The highest BCUT2D eigenvalue weighted by atomic mass is 35.5.